The van der Waals surface area contributed by atoms with Crippen molar-refractivity contribution < 1.29 is 39.3 Å². The largest absolute Gasteiger partial charge is 0.481 e. The number of aliphatic hydroxyl groups excluding tert-OH is 1. The molecule has 12 heteroatoms. The Morgan fingerprint density at radius 2 is 1.21 bits per heavy atom. The number of aliphatic hydroxyl groups is 1. The van der Waals surface area contributed by atoms with Gasteiger partial charge >= 0.3 is 11.9 Å². The number of carbonyl (C=O) groups excluding carboxylic acids is 3. The Hall–Kier alpha value is -4.29. The van der Waals surface area contributed by atoms with Gasteiger partial charge in [0, 0.05) is 12.8 Å². The van der Waals surface area contributed by atoms with Gasteiger partial charge in [-0.1, -0.05) is 60.7 Å². The number of aliphatic carboxylic acids is 2. The number of benzene rings is 2. The molecular weight excluding hydrogens is 496 g/mol. The maximum atomic E-state index is 13.2. The monoisotopic (exact) mass is 528 g/mol. The zero-order valence-electron chi connectivity index (χ0n) is 20.7. The second-order valence-electron chi connectivity index (χ2n) is 8.77. The van der Waals surface area contributed by atoms with Crippen molar-refractivity contribution in [3.63, 3.8) is 0 Å². The molecule has 0 aromatic heterocycles. The van der Waals surface area contributed by atoms with Gasteiger partial charge < -0.3 is 37.0 Å². The van der Waals surface area contributed by atoms with Crippen molar-refractivity contribution in [2.75, 3.05) is 0 Å². The van der Waals surface area contributed by atoms with Gasteiger partial charge in [-0.25, -0.2) is 4.79 Å². The van der Waals surface area contributed by atoms with Gasteiger partial charge in [0.25, 0.3) is 0 Å². The molecule has 8 N–H and O–H groups in total. The Bertz CT molecular complexity index is 1110. The topological polar surface area (TPSA) is 208 Å². The zero-order valence-corrected chi connectivity index (χ0v) is 20.7. The number of amides is 3. The van der Waals surface area contributed by atoms with E-state index in [0.29, 0.717) is 11.1 Å². The van der Waals surface area contributed by atoms with E-state index in [1.165, 1.54) is 6.92 Å². The van der Waals surface area contributed by atoms with Gasteiger partial charge in [0.2, 0.25) is 17.7 Å². The van der Waals surface area contributed by atoms with Gasteiger partial charge in [-0.2, -0.15) is 0 Å². The predicted molar refractivity (Wildman–Crippen MR) is 136 cm³/mol. The molecule has 204 valence electrons. The molecule has 0 bridgehead atoms. The molecule has 0 aliphatic heterocycles. The number of carbonyl (C=O) groups is 5. The van der Waals surface area contributed by atoms with Crippen LogP contribution < -0.4 is 21.7 Å². The van der Waals surface area contributed by atoms with E-state index in [9.17, 15) is 34.2 Å². The molecule has 0 fully saturated rings. The van der Waals surface area contributed by atoms with Gasteiger partial charge in [-0.05, 0) is 18.1 Å². The molecule has 12 nitrogen and oxygen atoms in total. The van der Waals surface area contributed by atoms with Crippen LogP contribution in [0, 0.1) is 0 Å². The van der Waals surface area contributed by atoms with Gasteiger partial charge in [-0.15, -0.1) is 0 Å². The Morgan fingerprint density at radius 3 is 1.66 bits per heavy atom. The fourth-order valence-corrected chi connectivity index (χ4v) is 3.59. The average Bonchev–Trinajstić information content (AvgIpc) is 2.86. The lowest BCUT2D eigenvalue weighted by atomic mass is 10.0. The molecule has 0 radical (unpaired) electrons. The third kappa shape index (κ3) is 9.64. The summed E-state index contributed by atoms with van der Waals surface area (Å²) in [6.07, 6.45) is -2.14. The minimum absolute atomic E-state index is 0.00173. The lowest BCUT2D eigenvalue weighted by molar-refractivity contribution is -0.142. The van der Waals surface area contributed by atoms with Gasteiger partial charge in [0.05, 0.1) is 18.6 Å². The fraction of sp³-hybridized carbons (Fsp3) is 0.346. The van der Waals surface area contributed by atoms with Crippen molar-refractivity contribution in [1.82, 2.24) is 16.0 Å². The number of carboxylic acids is 2. The molecule has 2 rings (SSSR count). The van der Waals surface area contributed by atoms with Crippen LogP contribution in [0.4, 0.5) is 0 Å². The lowest BCUT2D eigenvalue weighted by Crippen LogP contribution is -2.60. The average molecular weight is 529 g/mol. The van der Waals surface area contributed by atoms with E-state index >= 15 is 0 Å². The number of carboxylic acid groups (broad SMARTS) is 2. The van der Waals surface area contributed by atoms with Crippen LogP contribution in [-0.2, 0) is 36.8 Å². The van der Waals surface area contributed by atoms with Crippen molar-refractivity contribution in [3.8, 4) is 0 Å². The van der Waals surface area contributed by atoms with E-state index in [4.69, 9.17) is 10.8 Å². The van der Waals surface area contributed by atoms with Gasteiger partial charge in [0.1, 0.15) is 18.1 Å². The van der Waals surface area contributed by atoms with Crippen LogP contribution in [0.1, 0.15) is 24.5 Å². The molecule has 0 saturated heterocycles. The summed E-state index contributed by atoms with van der Waals surface area (Å²) in [5.74, 6) is -5.31. The zero-order chi connectivity index (χ0) is 28.2. The van der Waals surface area contributed by atoms with Gasteiger partial charge in [0.15, 0.2) is 0 Å². The summed E-state index contributed by atoms with van der Waals surface area (Å²) < 4.78 is 0. The normalized spacial score (nSPS) is 14.7. The number of rotatable bonds is 14. The Balaban J connectivity index is 2.22. The molecule has 2 aromatic carbocycles. The minimum Gasteiger partial charge on any atom is -0.481 e. The third-order valence-electron chi connectivity index (χ3n) is 5.61. The maximum absolute atomic E-state index is 13.2. The smallest absolute Gasteiger partial charge is 0.326 e. The van der Waals surface area contributed by atoms with E-state index in [1.807, 2.05) is 0 Å². The summed E-state index contributed by atoms with van der Waals surface area (Å²) in [6.45, 7) is 1.22. The molecular formula is C26H32N4O8. The third-order valence-corrected chi connectivity index (χ3v) is 5.61. The molecule has 0 spiro atoms. The predicted octanol–water partition coefficient (Wildman–Crippen LogP) is -0.806. The number of hydrogen-bond acceptors (Lipinski definition) is 7. The SMILES string of the molecule is CC(O)C(NC(=O)C(N)CC(=O)O)C(=O)NC(Cc1ccccc1)C(=O)NC(Cc1ccccc1)C(=O)O. The summed E-state index contributed by atoms with van der Waals surface area (Å²) in [7, 11) is 0. The van der Waals surface area contributed by atoms with E-state index in [-0.39, 0.29) is 12.8 Å². The Kier molecular flexibility index (Phi) is 11.4. The first kappa shape index (κ1) is 29.9. The van der Waals surface area contributed by atoms with Crippen molar-refractivity contribution in [3.05, 3.63) is 71.8 Å². The van der Waals surface area contributed by atoms with Crippen molar-refractivity contribution in [2.45, 2.75) is 56.5 Å². The van der Waals surface area contributed by atoms with E-state index in [2.05, 4.69) is 16.0 Å². The molecule has 38 heavy (non-hydrogen) atoms. The fourth-order valence-electron chi connectivity index (χ4n) is 3.59. The Labute approximate surface area is 219 Å². The van der Waals surface area contributed by atoms with Crippen LogP contribution in [0.5, 0.6) is 0 Å². The van der Waals surface area contributed by atoms with Crippen LogP contribution >= 0.6 is 0 Å². The highest BCUT2D eigenvalue weighted by molar-refractivity contribution is 5.95. The van der Waals surface area contributed by atoms with Gasteiger partial charge in [-0.3, -0.25) is 19.2 Å². The highest BCUT2D eigenvalue weighted by Crippen LogP contribution is 2.08. The summed E-state index contributed by atoms with van der Waals surface area (Å²) >= 11 is 0. The van der Waals surface area contributed by atoms with Crippen LogP contribution in [0.3, 0.4) is 0 Å². The standard InChI is InChI=1S/C26H32N4O8/c1-15(31)22(30-23(34)18(27)14-21(32)33)25(36)28-19(12-16-8-4-2-5-9-16)24(35)29-20(26(37)38)13-17-10-6-3-7-11-17/h2-11,15,18-20,22,31H,12-14,27H2,1H3,(H,28,36)(H,29,35)(H,30,34)(H,32,33)(H,37,38). The van der Waals surface area contributed by atoms with Crippen molar-refractivity contribution in [2.24, 2.45) is 5.73 Å². The van der Waals surface area contributed by atoms with Crippen molar-refractivity contribution in [1.29, 1.82) is 0 Å². The highest BCUT2D eigenvalue weighted by atomic mass is 16.4. The van der Waals surface area contributed by atoms with Crippen LogP contribution in [0.25, 0.3) is 0 Å². The van der Waals surface area contributed by atoms with Crippen LogP contribution in [-0.4, -0.2) is 75.3 Å². The summed E-state index contributed by atoms with van der Waals surface area (Å²) in [5.41, 5.74) is 6.87. The number of nitrogens with one attached hydrogen (secondary N) is 3. The molecule has 3 amide bonds. The molecule has 5 atom stereocenters. The van der Waals surface area contributed by atoms with Crippen LogP contribution in [0.15, 0.2) is 60.7 Å². The van der Waals surface area contributed by atoms with Crippen LogP contribution in [0.2, 0.25) is 0 Å². The Morgan fingerprint density at radius 1 is 0.737 bits per heavy atom. The number of hydrogen-bond donors (Lipinski definition) is 7. The maximum Gasteiger partial charge on any atom is 0.326 e. The molecule has 0 heterocycles. The molecule has 0 aliphatic carbocycles. The summed E-state index contributed by atoms with van der Waals surface area (Å²) in [5, 5.41) is 35.7. The lowest BCUT2D eigenvalue weighted by Gasteiger charge is -2.26. The highest BCUT2D eigenvalue weighted by Gasteiger charge is 2.33. The molecule has 5 unspecified atom stereocenters. The van der Waals surface area contributed by atoms with E-state index < -0.39 is 66.4 Å². The first-order chi connectivity index (χ1) is 18.0. The molecule has 0 aliphatic rings. The summed E-state index contributed by atoms with van der Waals surface area (Å²) in [4.78, 5) is 61.2. The quantitative estimate of drug-likeness (QED) is 0.163. The molecule has 2 aromatic rings. The number of nitrogens with two attached hydrogens (primary N) is 1. The molecule has 0 saturated carbocycles. The second kappa shape index (κ2) is 14.4. The minimum atomic E-state index is -1.56. The summed E-state index contributed by atoms with van der Waals surface area (Å²) in [6, 6.07) is 11.7. The van der Waals surface area contributed by atoms with E-state index in [1.54, 1.807) is 60.7 Å². The second-order valence-corrected chi connectivity index (χ2v) is 8.77. The first-order valence-electron chi connectivity index (χ1n) is 11.8. The first-order valence-corrected chi connectivity index (χ1v) is 11.8. The van der Waals surface area contributed by atoms with Crippen molar-refractivity contribution >= 4 is 29.7 Å². The van der Waals surface area contributed by atoms with E-state index in [0.717, 1.165) is 0 Å².